The molecular formula is C17H16N4OS. The van der Waals surface area contributed by atoms with Gasteiger partial charge in [0.05, 0.1) is 5.69 Å². The van der Waals surface area contributed by atoms with Gasteiger partial charge in [0.15, 0.2) is 10.5 Å². The molecule has 0 radical (unpaired) electrons. The fourth-order valence-electron chi connectivity index (χ4n) is 2.97. The van der Waals surface area contributed by atoms with E-state index < -0.39 is 0 Å². The van der Waals surface area contributed by atoms with Crippen LogP contribution in [0.3, 0.4) is 0 Å². The van der Waals surface area contributed by atoms with E-state index in [0.717, 1.165) is 36.2 Å². The quantitative estimate of drug-likeness (QED) is 0.727. The number of aromatic nitrogens is 3. The minimum absolute atomic E-state index is 0.254. The third-order valence-electron chi connectivity index (χ3n) is 4.09. The summed E-state index contributed by atoms with van der Waals surface area (Å²) < 4.78 is 3.75. The number of fused-ring (bicyclic) bond motifs is 1. The second-order valence-corrected chi connectivity index (χ2v) is 6.46. The number of amides is 1. The largest absolute Gasteiger partial charge is 0.327 e. The summed E-state index contributed by atoms with van der Waals surface area (Å²) in [4.78, 5) is 17.6. The van der Waals surface area contributed by atoms with Crippen LogP contribution in [0.25, 0.3) is 5.69 Å². The van der Waals surface area contributed by atoms with Crippen LogP contribution in [0.2, 0.25) is 0 Å². The zero-order chi connectivity index (χ0) is 15.8. The molecule has 2 heterocycles. The molecule has 2 aromatic heterocycles. The van der Waals surface area contributed by atoms with Crippen LogP contribution in [0.5, 0.6) is 0 Å². The molecule has 116 valence electrons. The summed E-state index contributed by atoms with van der Waals surface area (Å²) in [6.07, 6.45) is 4.81. The molecule has 0 bridgehead atoms. The molecule has 0 atom stereocenters. The Morgan fingerprint density at radius 1 is 1.26 bits per heavy atom. The van der Waals surface area contributed by atoms with Gasteiger partial charge in [0, 0.05) is 29.9 Å². The number of carbonyl (C=O) groups is 1. The number of rotatable bonds is 2. The van der Waals surface area contributed by atoms with Gasteiger partial charge in [0.1, 0.15) is 0 Å². The normalized spacial score (nSPS) is 14.2. The summed E-state index contributed by atoms with van der Waals surface area (Å²) in [5, 5.41) is 6.50. The summed E-state index contributed by atoms with van der Waals surface area (Å²) in [5.74, 6) is -0.254. The maximum Gasteiger partial charge on any atom is 0.300 e. The van der Waals surface area contributed by atoms with E-state index >= 15 is 0 Å². The van der Waals surface area contributed by atoms with Crippen LogP contribution in [0, 0.1) is 0 Å². The van der Waals surface area contributed by atoms with Crippen molar-refractivity contribution < 1.29 is 4.79 Å². The van der Waals surface area contributed by atoms with Crippen LogP contribution < -0.4 is 4.80 Å². The maximum atomic E-state index is 12.6. The first-order valence-corrected chi connectivity index (χ1v) is 8.47. The molecule has 3 aromatic rings. The van der Waals surface area contributed by atoms with Crippen molar-refractivity contribution in [1.82, 2.24) is 14.3 Å². The van der Waals surface area contributed by atoms with E-state index in [1.54, 1.807) is 0 Å². The van der Waals surface area contributed by atoms with Crippen LogP contribution in [0.15, 0.2) is 46.9 Å². The second-order valence-electron chi connectivity index (χ2n) is 5.59. The number of benzene rings is 1. The Bertz CT molecular complexity index is 933. The first kappa shape index (κ1) is 14.1. The summed E-state index contributed by atoms with van der Waals surface area (Å²) in [5.41, 5.74) is 3.69. The van der Waals surface area contributed by atoms with Crippen molar-refractivity contribution in [3.05, 3.63) is 63.7 Å². The van der Waals surface area contributed by atoms with Crippen LogP contribution >= 0.6 is 11.3 Å². The molecule has 6 heteroatoms. The lowest BCUT2D eigenvalue weighted by Crippen LogP contribution is -2.13. The van der Waals surface area contributed by atoms with Crippen molar-refractivity contribution in [3.63, 3.8) is 0 Å². The Labute approximate surface area is 137 Å². The smallest absolute Gasteiger partial charge is 0.300 e. The standard InChI is InChI=1S/C17H16N4OS/c1-20-10-11-23-17(20)18-16(22)15-13-8-5-9-14(13)21(19-15)12-6-3-2-4-7-12/h2-4,6-7,10-11H,5,8-9H2,1H3. The van der Waals surface area contributed by atoms with E-state index in [0.29, 0.717) is 10.5 Å². The lowest BCUT2D eigenvalue weighted by molar-refractivity contribution is 0.0992. The van der Waals surface area contributed by atoms with Gasteiger partial charge in [-0.25, -0.2) is 4.68 Å². The summed E-state index contributed by atoms with van der Waals surface area (Å²) in [6, 6.07) is 9.96. The maximum absolute atomic E-state index is 12.6. The Morgan fingerprint density at radius 3 is 2.83 bits per heavy atom. The van der Waals surface area contributed by atoms with Crippen molar-refractivity contribution >= 4 is 17.2 Å². The highest BCUT2D eigenvalue weighted by molar-refractivity contribution is 7.07. The third kappa shape index (κ3) is 2.45. The van der Waals surface area contributed by atoms with E-state index in [9.17, 15) is 4.79 Å². The highest BCUT2D eigenvalue weighted by Crippen LogP contribution is 2.28. The Morgan fingerprint density at radius 2 is 2.09 bits per heavy atom. The number of para-hydroxylation sites is 1. The van der Waals surface area contributed by atoms with Crippen molar-refractivity contribution in [2.75, 3.05) is 0 Å². The summed E-state index contributed by atoms with van der Waals surface area (Å²) in [6.45, 7) is 0. The summed E-state index contributed by atoms with van der Waals surface area (Å²) in [7, 11) is 1.88. The number of hydrogen-bond donors (Lipinski definition) is 0. The Balaban J connectivity index is 1.82. The highest BCUT2D eigenvalue weighted by Gasteiger charge is 2.26. The summed E-state index contributed by atoms with van der Waals surface area (Å²) >= 11 is 1.45. The first-order chi connectivity index (χ1) is 11.2. The van der Waals surface area contributed by atoms with Gasteiger partial charge in [-0.05, 0) is 31.4 Å². The zero-order valence-corrected chi connectivity index (χ0v) is 13.6. The van der Waals surface area contributed by atoms with E-state index in [2.05, 4.69) is 10.1 Å². The third-order valence-corrected chi connectivity index (χ3v) is 4.94. The van der Waals surface area contributed by atoms with E-state index in [4.69, 9.17) is 0 Å². The van der Waals surface area contributed by atoms with Gasteiger partial charge in [-0.15, -0.1) is 11.3 Å². The number of carbonyl (C=O) groups excluding carboxylic acids is 1. The molecule has 0 saturated carbocycles. The Kier molecular flexibility index (Phi) is 3.46. The molecule has 0 saturated heterocycles. The van der Waals surface area contributed by atoms with Crippen LogP contribution in [-0.2, 0) is 19.9 Å². The number of thiazole rings is 1. The molecule has 1 aliphatic rings. The van der Waals surface area contributed by atoms with Crippen LogP contribution in [0.1, 0.15) is 28.2 Å². The molecule has 0 aliphatic heterocycles. The van der Waals surface area contributed by atoms with Gasteiger partial charge in [0.25, 0.3) is 5.91 Å². The van der Waals surface area contributed by atoms with Crippen molar-refractivity contribution in [2.45, 2.75) is 19.3 Å². The predicted molar refractivity (Wildman–Crippen MR) is 88.8 cm³/mol. The SMILES string of the molecule is Cn1ccsc1=NC(=O)c1nn(-c2ccccc2)c2c1CCC2. The van der Waals surface area contributed by atoms with Crippen molar-refractivity contribution in [1.29, 1.82) is 0 Å². The molecule has 1 aliphatic carbocycles. The van der Waals surface area contributed by atoms with Crippen LogP contribution in [0.4, 0.5) is 0 Å². The second kappa shape index (κ2) is 5.62. The molecule has 0 fully saturated rings. The lowest BCUT2D eigenvalue weighted by atomic mass is 10.2. The fourth-order valence-corrected chi connectivity index (χ4v) is 3.69. The average Bonchev–Trinajstić information content (AvgIpc) is 3.25. The topological polar surface area (TPSA) is 52.2 Å². The van der Waals surface area contributed by atoms with Gasteiger partial charge in [-0.1, -0.05) is 18.2 Å². The monoisotopic (exact) mass is 324 g/mol. The van der Waals surface area contributed by atoms with E-state index in [1.165, 1.54) is 11.3 Å². The zero-order valence-electron chi connectivity index (χ0n) is 12.8. The molecule has 23 heavy (non-hydrogen) atoms. The van der Waals surface area contributed by atoms with Gasteiger partial charge >= 0.3 is 0 Å². The number of nitrogens with zero attached hydrogens (tertiary/aromatic N) is 4. The highest BCUT2D eigenvalue weighted by atomic mass is 32.1. The van der Waals surface area contributed by atoms with Gasteiger partial charge in [-0.2, -0.15) is 10.1 Å². The van der Waals surface area contributed by atoms with E-state index in [1.807, 2.05) is 58.2 Å². The minimum atomic E-state index is -0.254. The number of aryl methyl sites for hydroxylation is 1. The Hall–Kier alpha value is -2.47. The van der Waals surface area contributed by atoms with Gasteiger partial charge < -0.3 is 4.57 Å². The molecular weight excluding hydrogens is 308 g/mol. The fraction of sp³-hybridized carbons (Fsp3) is 0.235. The van der Waals surface area contributed by atoms with Crippen molar-refractivity contribution in [3.8, 4) is 5.69 Å². The number of hydrogen-bond acceptors (Lipinski definition) is 3. The predicted octanol–water partition coefficient (Wildman–Crippen LogP) is 2.50. The molecule has 4 rings (SSSR count). The molecule has 0 N–H and O–H groups in total. The lowest BCUT2D eigenvalue weighted by Gasteiger charge is -2.04. The average molecular weight is 324 g/mol. The first-order valence-electron chi connectivity index (χ1n) is 7.59. The van der Waals surface area contributed by atoms with Gasteiger partial charge in [0.2, 0.25) is 0 Å². The molecule has 1 aromatic carbocycles. The molecule has 1 amide bonds. The van der Waals surface area contributed by atoms with Gasteiger partial charge in [-0.3, -0.25) is 4.79 Å². The molecule has 0 spiro atoms. The van der Waals surface area contributed by atoms with Crippen molar-refractivity contribution in [2.24, 2.45) is 12.0 Å². The van der Waals surface area contributed by atoms with E-state index in [-0.39, 0.29) is 5.91 Å². The molecule has 5 nitrogen and oxygen atoms in total. The van der Waals surface area contributed by atoms with Crippen LogP contribution in [-0.4, -0.2) is 20.3 Å². The molecule has 0 unspecified atom stereocenters. The minimum Gasteiger partial charge on any atom is -0.327 e.